The van der Waals surface area contributed by atoms with E-state index in [1.807, 2.05) is 0 Å². The molecule has 31 heavy (non-hydrogen) atoms. The summed E-state index contributed by atoms with van der Waals surface area (Å²) < 4.78 is 6.63. The first-order valence-electron chi connectivity index (χ1n) is 11.6. The average molecular weight is 435 g/mol. The molecule has 3 aromatic rings. The van der Waals surface area contributed by atoms with Gasteiger partial charge in [-0.05, 0) is 74.5 Å². The van der Waals surface area contributed by atoms with E-state index in [-0.39, 0.29) is 0 Å². The highest BCUT2D eigenvalue weighted by Crippen LogP contribution is 2.41. The highest BCUT2D eigenvalue weighted by Gasteiger charge is 2.43. The normalized spacial score (nSPS) is 27.4. The zero-order chi connectivity index (χ0) is 20.9. The van der Waals surface area contributed by atoms with Crippen molar-refractivity contribution in [3.8, 4) is 0 Å². The number of aryl methyl sites for hydroxylation is 3. The number of hydrogen-bond donors (Lipinski definition) is 1. The van der Waals surface area contributed by atoms with Gasteiger partial charge in [-0.2, -0.15) is 9.36 Å². The Kier molecular flexibility index (Phi) is 4.74. The lowest BCUT2D eigenvalue weighted by molar-refractivity contribution is 0.377. The van der Waals surface area contributed by atoms with Crippen LogP contribution in [0.2, 0.25) is 0 Å². The van der Waals surface area contributed by atoms with Gasteiger partial charge in [0.25, 0.3) is 0 Å². The van der Waals surface area contributed by atoms with E-state index in [9.17, 15) is 0 Å². The average Bonchev–Trinajstić information content (AvgIpc) is 3.44. The molecule has 2 fully saturated rings. The van der Waals surface area contributed by atoms with Gasteiger partial charge in [0.05, 0.1) is 5.69 Å². The molecule has 6 rings (SSSR count). The molecule has 2 aliphatic heterocycles. The van der Waals surface area contributed by atoms with E-state index in [1.165, 1.54) is 29.0 Å². The van der Waals surface area contributed by atoms with Crippen LogP contribution in [0.25, 0.3) is 0 Å². The van der Waals surface area contributed by atoms with Crippen LogP contribution in [0, 0.1) is 25.7 Å². The molecule has 7 heteroatoms. The molecule has 3 aliphatic rings. The van der Waals surface area contributed by atoms with E-state index in [1.54, 1.807) is 11.5 Å². The van der Waals surface area contributed by atoms with Crippen LogP contribution in [0.1, 0.15) is 54.2 Å². The second-order valence-electron chi connectivity index (χ2n) is 9.60. The fourth-order valence-electron chi connectivity index (χ4n) is 5.81. The Labute approximate surface area is 187 Å². The summed E-state index contributed by atoms with van der Waals surface area (Å²) >= 11 is 1.64. The van der Waals surface area contributed by atoms with Crippen LogP contribution in [-0.4, -0.2) is 38.3 Å². The molecular formula is C24H30N6S. The number of piperidine rings is 1. The molecule has 1 aliphatic carbocycles. The lowest BCUT2D eigenvalue weighted by Gasteiger charge is -2.38. The summed E-state index contributed by atoms with van der Waals surface area (Å²) in [6, 6.07) is 11.6. The van der Waals surface area contributed by atoms with Crippen molar-refractivity contribution in [3.63, 3.8) is 0 Å². The maximum absolute atomic E-state index is 5.02. The predicted molar refractivity (Wildman–Crippen MR) is 125 cm³/mol. The van der Waals surface area contributed by atoms with Crippen LogP contribution in [0.3, 0.4) is 0 Å². The van der Waals surface area contributed by atoms with Crippen LogP contribution < -0.4 is 10.2 Å². The van der Waals surface area contributed by atoms with Crippen LogP contribution in [0.15, 0.2) is 30.3 Å². The number of fused-ring (bicyclic) bond motifs is 3. The smallest absolute Gasteiger partial charge is 0.242 e. The number of aromatic nitrogens is 4. The number of anilines is 2. The first-order chi connectivity index (χ1) is 15.1. The van der Waals surface area contributed by atoms with Crippen LogP contribution in [0.5, 0.6) is 0 Å². The first kappa shape index (κ1) is 19.3. The predicted octanol–water partition coefficient (Wildman–Crippen LogP) is 4.60. The third kappa shape index (κ3) is 3.53. The summed E-state index contributed by atoms with van der Waals surface area (Å²) in [5, 5.41) is 9.99. The summed E-state index contributed by atoms with van der Waals surface area (Å²) in [4.78, 5) is 7.57. The third-order valence-electron chi connectivity index (χ3n) is 7.41. The number of hydrogen-bond acceptors (Lipinski definition) is 6. The van der Waals surface area contributed by atoms with Crippen LogP contribution >= 0.6 is 11.5 Å². The van der Waals surface area contributed by atoms with Crippen molar-refractivity contribution in [2.75, 3.05) is 23.3 Å². The Hall–Kier alpha value is -2.41. The molecule has 162 valence electrons. The Morgan fingerprint density at radius 3 is 2.52 bits per heavy atom. The molecule has 6 nitrogen and oxygen atoms in total. The zero-order valence-corrected chi connectivity index (χ0v) is 19.1. The fraction of sp³-hybridized carbons (Fsp3) is 0.542. The standard InChI is InChI=1S/C24H30N6S/c1-15-5-7-17(8-6-15)20-4-3-11-30-23(20)26-24(27-30)25-22-18-9-10-19(22)14-29(13-18)21-12-16(2)28-31-21/h5-8,12,18-20,22H,3-4,9-11,13-14H2,1-2H3,(H,25,27)/t18-,19+,20?,22-. The minimum absolute atomic E-state index is 0.352. The molecule has 1 saturated heterocycles. The number of nitrogens with one attached hydrogen (secondary N) is 1. The van der Waals surface area contributed by atoms with Crippen molar-refractivity contribution < 1.29 is 0 Å². The molecule has 2 aromatic heterocycles. The highest BCUT2D eigenvalue weighted by molar-refractivity contribution is 7.10. The van der Waals surface area contributed by atoms with E-state index in [2.05, 4.69) is 63.5 Å². The molecule has 2 bridgehead atoms. The Bertz CT molecular complexity index is 1060. The van der Waals surface area contributed by atoms with Gasteiger partial charge in [-0.25, -0.2) is 4.68 Å². The maximum atomic E-state index is 5.02. The van der Waals surface area contributed by atoms with Crippen molar-refractivity contribution >= 4 is 22.5 Å². The molecule has 4 heterocycles. The third-order valence-corrected chi connectivity index (χ3v) is 8.35. The van der Waals surface area contributed by atoms with Gasteiger partial charge >= 0.3 is 0 Å². The minimum atomic E-state index is 0.352. The van der Waals surface area contributed by atoms with Gasteiger partial charge in [0.2, 0.25) is 5.95 Å². The molecule has 0 amide bonds. The maximum Gasteiger partial charge on any atom is 0.242 e. The SMILES string of the molecule is Cc1ccc(C2CCCn3nc(N[C@@H]4[C@@H]5CC[C@H]4CN(c4cc(C)ns4)C5)nc32)cc1. The minimum Gasteiger partial charge on any atom is -0.361 e. The molecule has 1 unspecified atom stereocenters. The topological polar surface area (TPSA) is 58.9 Å². The quantitative estimate of drug-likeness (QED) is 0.650. The summed E-state index contributed by atoms with van der Waals surface area (Å²) in [5.74, 6) is 3.61. The number of rotatable bonds is 4. The summed E-state index contributed by atoms with van der Waals surface area (Å²) in [6.45, 7) is 7.41. The van der Waals surface area contributed by atoms with Crippen LogP contribution in [0.4, 0.5) is 10.9 Å². The number of nitrogens with zero attached hydrogens (tertiary/aromatic N) is 5. The first-order valence-corrected chi connectivity index (χ1v) is 12.4. The fourth-order valence-corrected chi connectivity index (χ4v) is 6.59. The van der Waals surface area contributed by atoms with E-state index < -0.39 is 0 Å². The van der Waals surface area contributed by atoms with Gasteiger partial charge in [-0.1, -0.05) is 29.8 Å². The van der Waals surface area contributed by atoms with Gasteiger partial charge in [0, 0.05) is 31.6 Å². The van der Waals surface area contributed by atoms with Crippen molar-refractivity contribution in [1.82, 2.24) is 19.1 Å². The lowest BCUT2D eigenvalue weighted by Crippen LogP contribution is -2.48. The summed E-state index contributed by atoms with van der Waals surface area (Å²) in [7, 11) is 0. The molecule has 0 radical (unpaired) electrons. The second kappa shape index (κ2) is 7.62. The summed E-state index contributed by atoms with van der Waals surface area (Å²) in [6.07, 6.45) is 4.89. The van der Waals surface area contributed by atoms with Gasteiger partial charge < -0.3 is 10.2 Å². The van der Waals surface area contributed by atoms with Crippen molar-refractivity contribution in [2.45, 2.75) is 58.0 Å². The molecule has 1 saturated carbocycles. The molecule has 1 aromatic carbocycles. The van der Waals surface area contributed by atoms with E-state index in [0.717, 1.165) is 49.9 Å². The van der Waals surface area contributed by atoms with Crippen molar-refractivity contribution in [3.05, 3.63) is 53.0 Å². The summed E-state index contributed by atoms with van der Waals surface area (Å²) in [5.41, 5.74) is 3.79. The monoisotopic (exact) mass is 434 g/mol. The van der Waals surface area contributed by atoms with Gasteiger partial charge in [-0.3, -0.25) is 0 Å². The highest BCUT2D eigenvalue weighted by atomic mass is 32.1. The Balaban J connectivity index is 1.20. The Morgan fingerprint density at radius 2 is 1.81 bits per heavy atom. The van der Waals surface area contributed by atoms with Crippen molar-refractivity contribution in [1.29, 1.82) is 0 Å². The molecule has 0 spiro atoms. The van der Waals surface area contributed by atoms with Gasteiger partial charge in [0.1, 0.15) is 10.8 Å². The van der Waals surface area contributed by atoms with Gasteiger partial charge in [0.15, 0.2) is 0 Å². The van der Waals surface area contributed by atoms with Crippen molar-refractivity contribution in [2.24, 2.45) is 11.8 Å². The largest absolute Gasteiger partial charge is 0.361 e. The lowest BCUT2D eigenvalue weighted by atomic mass is 9.91. The van der Waals surface area contributed by atoms with Gasteiger partial charge in [-0.15, -0.1) is 5.10 Å². The molecular weight excluding hydrogens is 404 g/mol. The van der Waals surface area contributed by atoms with E-state index >= 15 is 0 Å². The van der Waals surface area contributed by atoms with Crippen LogP contribution in [-0.2, 0) is 6.54 Å². The molecule has 4 atom stereocenters. The van der Waals surface area contributed by atoms with E-state index in [4.69, 9.17) is 10.1 Å². The van der Waals surface area contributed by atoms with E-state index in [0.29, 0.717) is 23.8 Å². The Morgan fingerprint density at radius 1 is 1.03 bits per heavy atom. The molecule has 1 N–H and O–H groups in total. The zero-order valence-electron chi connectivity index (χ0n) is 18.3. The number of benzene rings is 1. The second-order valence-corrected chi connectivity index (χ2v) is 10.4.